The summed E-state index contributed by atoms with van der Waals surface area (Å²) in [6.45, 7) is 0.320. The fourth-order valence-corrected chi connectivity index (χ4v) is 3.12. The monoisotopic (exact) mass is 430 g/mol. The number of ether oxygens (including phenoxy) is 1. The summed E-state index contributed by atoms with van der Waals surface area (Å²) in [5.41, 5.74) is 1.49. The van der Waals surface area contributed by atoms with Crippen molar-refractivity contribution in [1.82, 2.24) is 20.4 Å². The van der Waals surface area contributed by atoms with Crippen LogP contribution < -0.4 is 10.1 Å². The Morgan fingerprint density at radius 2 is 1.97 bits per heavy atom. The number of amides is 1. The van der Waals surface area contributed by atoms with E-state index >= 15 is 0 Å². The predicted molar refractivity (Wildman–Crippen MR) is 106 cm³/mol. The van der Waals surface area contributed by atoms with Gasteiger partial charge in [-0.1, -0.05) is 17.3 Å². The third kappa shape index (κ3) is 4.37. The van der Waals surface area contributed by atoms with E-state index in [2.05, 4.69) is 20.4 Å². The van der Waals surface area contributed by atoms with E-state index in [1.807, 2.05) is 24.4 Å². The van der Waals surface area contributed by atoms with E-state index in [1.54, 1.807) is 7.11 Å². The number of carbonyl (C=O) groups is 1. The van der Waals surface area contributed by atoms with Gasteiger partial charge in [-0.05, 0) is 42.3 Å². The van der Waals surface area contributed by atoms with Crippen LogP contribution in [-0.4, -0.2) is 34.7 Å². The molecule has 1 amide bonds. The normalized spacial score (nSPS) is 11.6. The number of alkyl halides is 3. The van der Waals surface area contributed by atoms with Crippen molar-refractivity contribution >= 4 is 16.8 Å². The Kier molecular flexibility index (Phi) is 5.37. The third-order valence-corrected chi connectivity index (χ3v) is 4.75. The van der Waals surface area contributed by atoms with E-state index in [-0.39, 0.29) is 11.7 Å². The lowest BCUT2D eigenvalue weighted by atomic mass is 10.1. The molecule has 2 aromatic carbocycles. The van der Waals surface area contributed by atoms with E-state index in [0.717, 1.165) is 34.3 Å². The van der Waals surface area contributed by atoms with Gasteiger partial charge in [-0.15, -0.1) is 0 Å². The largest absolute Gasteiger partial charge is 0.497 e. The van der Waals surface area contributed by atoms with Gasteiger partial charge in [0, 0.05) is 29.2 Å². The van der Waals surface area contributed by atoms with Crippen molar-refractivity contribution in [3.63, 3.8) is 0 Å². The Bertz CT molecular complexity index is 1210. The molecule has 4 aromatic rings. The number of hydrogen-bond donors (Lipinski definition) is 2. The van der Waals surface area contributed by atoms with E-state index in [1.165, 1.54) is 12.1 Å². The van der Waals surface area contributed by atoms with Crippen molar-refractivity contribution in [3.8, 4) is 17.1 Å². The first-order valence-corrected chi connectivity index (χ1v) is 9.28. The lowest BCUT2D eigenvalue weighted by molar-refractivity contribution is -0.137. The zero-order valence-corrected chi connectivity index (χ0v) is 16.3. The minimum Gasteiger partial charge on any atom is -0.497 e. The Morgan fingerprint density at radius 1 is 1.19 bits per heavy atom. The summed E-state index contributed by atoms with van der Waals surface area (Å²) in [6, 6.07) is 9.97. The highest BCUT2D eigenvalue weighted by Crippen LogP contribution is 2.30. The molecule has 31 heavy (non-hydrogen) atoms. The molecule has 0 spiro atoms. The third-order valence-electron chi connectivity index (χ3n) is 4.75. The van der Waals surface area contributed by atoms with Crippen LogP contribution in [0.5, 0.6) is 5.75 Å². The first kappa shape index (κ1) is 20.5. The van der Waals surface area contributed by atoms with Crippen LogP contribution in [0.2, 0.25) is 0 Å². The second-order valence-electron chi connectivity index (χ2n) is 6.73. The molecule has 0 saturated carbocycles. The first-order chi connectivity index (χ1) is 14.8. The highest BCUT2D eigenvalue weighted by molar-refractivity contribution is 5.90. The van der Waals surface area contributed by atoms with E-state index in [0.29, 0.717) is 18.5 Å². The SMILES string of the molecule is COc1ccc2[nH]cc(CCNC(=O)c3nc(-c4ccc(C(F)(F)F)cc4)no3)c2c1. The number of aromatic nitrogens is 3. The molecule has 7 nitrogen and oxygen atoms in total. The summed E-state index contributed by atoms with van der Waals surface area (Å²) < 4.78 is 48.2. The first-order valence-electron chi connectivity index (χ1n) is 9.28. The molecule has 0 bridgehead atoms. The number of carbonyl (C=O) groups excluding carboxylic acids is 1. The molecule has 0 atom stereocenters. The Hall–Kier alpha value is -3.82. The number of nitrogens with one attached hydrogen (secondary N) is 2. The predicted octanol–water partition coefficient (Wildman–Crippen LogP) is 4.22. The number of halogens is 3. The van der Waals surface area contributed by atoms with Crippen molar-refractivity contribution in [2.24, 2.45) is 0 Å². The van der Waals surface area contributed by atoms with Gasteiger partial charge in [-0.25, -0.2) is 0 Å². The Morgan fingerprint density at radius 3 is 2.68 bits per heavy atom. The Labute approximate surface area is 174 Å². The average molecular weight is 430 g/mol. The highest BCUT2D eigenvalue weighted by atomic mass is 19.4. The zero-order chi connectivity index (χ0) is 22.0. The van der Waals surface area contributed by atoms with Crippen molar-refractivity contribution in [3.05, 3.63) is 65.7 Å². The van der Waals surface area contributed by atoms with Crippen molar-refractivity contribution in [1.29, 1.82) is 0 Å². The van der Waals surface area contributed by atoms with Crippen LogP contribution in [0, 0.1) is 0 Å². The van der Waals surface area contributed by atoms with Crippen LogP contribution in [0.4, 0.5) is 13.2 Å². The summed E-state index contributed by atoms with van der Waals surface area (Å²) in [5.74, 6) is -0.0692. The minimum absolute atomic E-state index is 0.0302. The number of rotatable bonds is 6. The summed E-state index contributed by atoms with van der Waals surface area (Å²) in [6.07, 6.45) is -2.01. The van der Waals surface area contributed by atoms with Gasteiger partial charge in [-0.2, -0.15) is 18.2 Å². The van der Waals surface area contributed by atoms with Gasteiger partial charge in [0.15, 0.2) is 0 Å². The summed E-state index contributed by atoms with van der Waals surface area (Å²) in [4.78, 5) is 19.4. The molecule has 0 fully saturated rings. The minimum atomic E-state index is -4.43. The number of fused-ring (bicyclic) bond motifs is 1. The van der Waals surface area contributed by atoms with Crippen LogP contribution in [0.1, 0.15) is 21.8 Å². The second kappa shape index (κ2) is 8.13. The van der Waals surface area contributed by atoms with Crippen molar-refractivity contribution in [2.75, 3.05) is 13.7 Å². The summed E-state index contributed by atoms with van der Waals surface area (Å²) >= 11 is 0. The van der Waals surface area contributed by atoms with Gasteiger partial charge in [0.1, 0.15) is 5.75 Å². The van der Waals surface area contributed by atoms with Crippen LogP contribution in [0.3, 0.4) is 0 Å². The Balaban J connectivity index is 1.38. The molecule has 10 heteroatoms. The van der Waals surface area contributed by atoms with Gasteiger partial charge in [-0.3, -0.25) is 4.79 Å². The van der Waals surface area contributed by atoms with Crippen LogP contribution in [0.25, 0.3) is 22.3 Å². The molecule has 0 aliphatic heterocycles. The highest BCUT2D eigenvalue weighted by Gasteiger charge is 2.30. The van der Waals surface area contributed by atoms with Gasteiger partial charge in [0.25, 0.3) is 0 Å². The van der Waals surface area contributed by atoms with E-state index in [9.17, 15) is 18.0 Å². The average Bonchev–Trinajstić information content (AvgIpc) is 3.40. The fraction of sp³-hybridized carbons (Fsp3) is 0.190. The maximum atomic E-state index is 12.7. The van der Waals surface area contributed by atoms with Gasteiger partial charge in [0.05, 0.1) is 12.7 Å². The van der Waals surface area contributed by atoms with Crippen LogP contribution >= 0.6 is 0 Å². The van der Waals surface area contributed by atoms with E-state index < -0.39 is 17.6 Å². The molecule has 0 aliphatic carbocycles. The fourth-order valence-electron chi connectivity index (χ4n) is 3.12. The lowest BCUT2D eigenvalue weighted by Crippen LogP contribution is -2.25. The second-order valence-corrected chi connectivity index (χ2v) is 6.73. The molecule has 0 unspecified atom stereocenters. The molecule has 0 radical (unpaired) electrons. The molecule has 2 heterocycles. The maximum absolute atomic E-state index is 12.7. The molecular weight excluding hydrogens is 413 g/mol. The summed E-state index contributed by atoms with van der Waals surface area (Å²) in [7, 11) is 1.59. The number of methoxy groups -OCH3 is 1. The zero-order valence-electron chi connectivity index (χ0n) is 16.3. The molecule has 2 aromatic heterocycles. The molecule has 0 aliphatic rings. The molecular formula is C21H17F3N4O3. The lowest BCUT2D eigenvalue weighted by Gasteiger charge is -2.05. The number of H-pyrrole nitrogens is 1. The number of benzene rings is 2. The standard InChI is InChI=1S/C21H17F3N4O3/c1-30-15-6-7-17-16(10-15)13(11-26-17)8-9-25-19(29)20-27-18(28-31-20)12-2-4-14(5-3-12)21(22,23)24/h2-7,10-11,26H,8-9H2,1H3,(H,25,29). The van der Waals surface area contributed by atoms with Crippen molar-refractivity contribution in [2.45, 2.75) is 12.6 Å². The van der Waals surface area contributed by atoms with Crippen LogP contribution in [0.15, 0.2) is 53.2 Å². The van der Waals surface area contributed by atoms with Crippen molar-refractivity contribution < 1.29 is 27.2 Å². The topological polar surface area (TPSA) is 93.0 Å². The van der Waals surface area contributed by atoms with Crippen LogP contribution in [-0.2, 0) is 12.6 Å². The quantitative estimate of drug-likeness (QED) is 0.478. The number of hydrogen-bond acceptors (Lipinski definition) is 5. The van der Waals surface area contributed by atoms with Gasteiger partial charge in [0.2, 0.25) is 5.82 Å². The maximum Gasteiger partial charge on any atom is 0.416 e. The summed E-state index contributed by atoms with van der Waals surface area (Å²) in [5, 5.41) is 7.36. The molecule has 0 saturated heterocycles. The van der Waals surface area contributed by atoms with Gasteiger partial charge >= 0.3 is 18.0 Å². The number of aromatic amines is 1. The molecule has 160 valence electrons. The van der Waals surface area contributed by atoms with Gasteiger partial charge < -0.3 is 19.6 Å². The van der Waals surface area contributed by atoms with E-state index in [4.69, 9.17) is 9.26 Å². The molecule has 4 rings (SSSR count). The molecule has 2 N–H and O–H groups in total. The number of nitrogens with zero attached hydrogens (tertiary/aromatic N) is 2. The smallest absolute Gasteiger partial charge is 0.416 e.